The minimum atomic E-state index is 0.571. The largest absolute Gasteiger partial charge is 0.354 e. The van der Waals surface area contributed by atoms with Crippen LogP contribution in [-0.4, -0.2) is 47.7 Å². The lowest BCUT2D eigenvalue weighted by molar-refractivity contribution is 0.607. The summed E-state index contributed by atoms with van der Waals surface area (Å²) < 4.78 is 0. The van der Waals surface area contributed by atoms with E-state index in [4.69, 9.17) is 0 Å². The minimum Gasteiger partial charge on any atom is -0.354 e. The molecule has 1 N–H and O–H groups in total. The predicted octanol–water partition coefficient (Wildman–Crippen LogP) is 2.63. The van der Waals surface area contributed by atoms with Crippen molar-refractivity contribution in [1.82, 2.24) is 15.0 Å². The van der Waals surface area contributed by atoms with Crippen molar-refractivity contribution >= 4 is 17.8 Å². The highest BCUT2D eigenvalue weighted by Crippen LogP contribution is 2.17. The fourth-order valence-electron chi connectivity index (χ4n) is 2.17. The number of hydrogen-bond donors (Lipinski definition) is 1. The van der Waals surface area contributed by atoms with Crippen LogP contribution in [0, 0.1) is 5.92 Å². The van der Waals surface area contributed by atoms with Gasteiger partial charge in [-0.1, -0.05) is 13.8 Å². The molecule has 0 aliphatic carbocycles. The average molecular weight is 294 g/mol. The summed E-state index contributed by atoms with van der Waals surface area (Å²) in [6.45, 7) is 17.3. The molecule has 0 bridgehead atoms. The maximum absolute atomic E-state index is 4.67. The Morgan fingerprint density at radius 1 is 0.857 bits per heavy atom. The number of aromatic nitrogens is 3. The molecule has 1 rings (SSSR count). The molecule has 6 nitrogen and oxygen atoms in total. The normalized spacial score (nSPS) is 10.8. The highest BCUT2D eigenvalue weighted by atomic mass is 15.4. The Kier molecular flexibility index (Phi) is 7.19. The first-order valence-corrected chi connectivity index (χ1v) is 8.05. The standard InChI is InChI=1S/C15H30N6/c1-7-16-13-17-14(20(8-2)9-3)19-15(18-13)21(10-4)11-12(5)6/h12H,7-11H2,1-6H3,(H,16,17,18,19). The molecule has 0 unspecified atom stereocenters. The summed E-state index contributed by atoms with van der Waals surface area (Å²) in [5.74, 6) is 2.75. The summed E-state index contributed by atoms with van der Waals surface area (Å²) in [6.07, 6.45) is 0. The molecule has 0 saturated carbocycles. The SMILES string of the molecule is CCNc1nc(N(CC)CC)nc(N(CC)CC(C)C)n1. The highest BCUT2D eigenvalue weighted by Gasteiger charge is 2.15. The topological polar surface area (TPSA) is 57.2 Å². The van der Waals surface area contributed by atoms with Crippen LogP contribution in [0.15, 0.2) is 0 Å². The summed E-state index contributed by atoms with van der Waals surface area (Å²) >= 11 is 0. The van der Waals surface area contributed by atoms with Crippen molar-refractivity contribution < 1.29 is 0 Å². The van der Waals surface area contributed by atoms with Gasteiger partial charge in [0.05, 0.1) is 0 Å². The number of hydrogen-bond acceptors (Lipinski definition) is 6. The van der Waals surface area contributed by atoms with E-state index >= 15 is 0 Å². The van der Waals surface area contributed by atoms with E-state index in [1.54, 1.807) is 0 Å². The summed E-state index contributed by atoms with van der Waals surface area (Å²) in [4.78, 5) is 18.1. The Bertz CT molecular complexity index is 417. The molecule has 0 amide bonds. The molecule has 6 heteroatoms. The van der Waals surface area contributed by atoms with Crippen LogP contribution in [0.25, 0.3) is 0 Å². The molecule has 120 valence electrons. The molecule has 0 aliphatic rings. The summed E-state index contributed by atoms with van der Waals surface area (Å²) in [5.41, 5.74) is 0. The maximum atomic E-state index is 4.67. The molecule has 1 aromatic rings. The van der Waals surface area contributed by atoms with Crippen LogP contribution < -0.4 is 15.1 Å². The van der Waals surface area contributed by atoms with Crippen molar-refractivity contribution in [2.24, 2.45) is 5.92 Å². The van der Waals surface area contributed by atoms with Crippen LogP contribution in [0.1, 0.15) is 41.5 Å². The fraction of sp³-hybridized carbons (Fsp3) is 0.800. The van der Waals surface area contributed by atoms with Crippen LogP contribution >= 0.6 is 0 Å². The predicted molar refractivity (Wildman–Crippen MR) is 90.3 cm³/mol. The van der Waals surface area contributed by atoms with Crippen molar-refractivity contribution in [2.75, 3.05) is 47.8 Å². The summed E-state index contributed by atoms with van der Waals surface area (Å²) in [6, 6.07) is 0. The second-order valence-electron chi connectivity index (χ2n) is 5.39. The molecule has 0 aromatic carbocycles. The molecule has 1 heterocycles. The van der Waals surface area contributed by atoms with Gasteiger partial charge in [0.15, 0.2) is 0 Å². The van der Waals surface area contributed by atoms with Gasteiger partial charge in [0.25, 0.3) is 0 Å². The van der Waals surface area contributed by atoms with Gasteiger partial charge in [-0.15, -0.1) is 0 Å². The number of nitrogens with zero attached hydrogens (tertiary/aromatic N) is 5. The first kappa shape index (κ1) is 17.5. The highest BCUT2D eigenvalue weighted by molar-refractivity contribution is 5.45. The van der Waals surface area contributed by atoms with E-state index in [2.05, 4.69) is 64.7 Å². The molecule has 21 heavy (non-hydrogen) atoms. The van der Waals surface area contributed by atoms with Gasteiger partial charge in [-0.2, -0.15) is 15.0 Å². The van der Waals surface area contributed by atoms with Crippen molar-refractivity contribution in [3.05, 3.63) is 0 Å². The van der Waals surface area contributed by atoms with E-state index in [0.717, 1.165) is 44.6 Å². The molecule has 1 aromatic heterocycles. The van der Waals surface area contributed by atoms with Crippen LogP contribution in [-0.2, 0) is 0 Å². The minimum absolute atomic E-state index is 0.571. The molecule has 0 fully saturated rings. The van der Waals surface area contributed by atoms with E-state index in [0.29, 0.717) is 11.9 Å². The number of rotatable bonds is 9. The lowest BCUT2D eigenvalue weighted by Crippen LogP contribution is -2.31. The number of anilines is 3. The smallest absolute Gasteiger partial charge is 0.231 e. The molecular formula is C15H30N6. The van der Waals surface area contributed by atoms with Gasteiger partial charge >= 0.3 is 0 Å². The van der Waals surface area contributed by atoms with Crippen molar-refractivity contribution in [1.29, 1.82) is 0 Å². The zero-order valence-electron chi connectivity index (χ0n) is 14.3. The summed E-state index contributed by atoms with van der Waals surface area (Å²) in [7, 11) is 0. The maximum Gasteiger partial charge on any atom is 0.231 e. The molecular weight excluding hydrogens is 264 g/mol. The van der Waals surface area contributed by atoms with Crippen molar-refractivity contribution in [3.8, 4) is 0 Å². The van der Waals surface area contributed by atoms with Crippen LogP contribution in [0.3, 0.4) is 0 Å². The zero-order chi connectivity index (χ0) is 15.8. The molecule has 0 radical (unpaired) electrons. The second-order valence-corrected chi connectivity index (χ2v) is 5.39. The lowest BCUT2D eigenvalue weighted by atomic mass is 10.2. The summed E-state index contributed by atoms with van der Waals surface area (Å²) in [5, 5.41) is 3.21. The third kappa shape index (κ3) is 5.02. The Hall–Kier alpha value is -1.59. The lowest BCUT2D eigenvalue weighted by Gasteiger charge is -2.25. The fourth-order valence-corrected chi connectivity index (χ4v) is 2.17. The van der Waals surface area contributed by atoms with Gasteiger partial charge in [0.2, 0.25) is 17.8 Å². The second kappa shape index (κ2) is 8.64. The van der Waals surface area contributed by atoms with Gasteiger partial charge in [-0.3, -0.25) is 0 Å². The van der Waals surface area contributed by atoms with E-state index in [1.165, 1.54) is 0 Å². The van der Waals surface area contributed by atoms with Crippen LogP contribution in [0.2, 0.25) is 0 Å². The van der Waals surface area contributed by atoms with Crippen LogP contribution in [0.4, 0.5) is 17.8 Å². The van der Waals surface area contributed by atoms with E-state index in [1.807, 2.05) is 6.92 Å². The molecule has 0 aliphatic heterocycles. The van der Waals surface area contributed by atoms with Crippen molar-refractivity contribution in [2.45, 2.75) is 41.5 Å². The van der Waals surface area contributed by atoms with Gasteiger partial charge in [0.1, 0.15) is 0 Å². The quantitative estimate of drug-likeness (QED) is 0.755. The Balaban J connectivity index is 3.16. The van der Waals surface area contributed by atoms with E-state index < -0.39 is 0 Å². The monoisotopic (exact) mass is 294 g/mol. The first-order chi connectivity index (χ1) is 10.0. The molecule has 0 saturated heterocycles. The van der Waals surface area contributed by atoms with E-state index in [-0.39, 0.29) is 0 Å². The van der Waals surface area contributed by atoms with Gasteiger partial charge < -0.3 is 15.1 Å². The molecule has 0 atom stereocenters. The van der Waals surface area contributed by atoms with Gasteiger partial charge in [0, 0.05) is 32.7 Å². The Labute approximate surface area is 129 Å². The van der Waals surface area contributed by atoms with Gasteiger partial charge in [-0.05, 0) is 33.6 Å². The Morgan fingerprint density at radius 3 is 1.81 bits per heavy atom. The first-order valence-electron chi connectivity index (χ1n) is 8.05. The molecule has 0 spiro atoms. The zero-order valence-corrected chi connectivity index (χ0v) is 14.3. The Morgan fingerprint density at radius 2 is 1.38 bits per heavy atom. The third-order valence-electron chi connectivity index (χ3n) is 3.24. The average Bonchev–Trinajstić information content (AvgIpc) is 2.46. The van der Waals surface area contributed by atoms with Crippen molar-refractivity contribution in [3.63, 3.8) is 0 Å². The van der Waals surface area contributed by atoms with E-state index in [9.17, 15) is 0 Å². The van der Waals surface area contributed by atoms with Gasteiger partial charge in [-0.25, -0.2) is 0 Å². The number of nitrogens with one attached hydrogen (secondary N) is 1. The van der Waals surface area contributed by atoms with Crippen LogP contribution in [0.5, 0.6) is 0 Å². The third-order valence-corrected chi connectivity index (χ3v) is 3.24.